The lowest BCUT2D eigenvalue weighted by atomic mass is 9.98. The van der Waals surface area contributed by atoms with E-state index in [1.165, 1.54) is 6.07 Å². The second-order valence-corrected chi connectivity index (χ2v) is 4.37. The molecule has 0 bridgehead atoms. The van der Waals surface area contributed by atoms with E-state index in [1.54, 1.807) is 0 Å². The van der Waals surface area contributed by atoms with Crippen molar-refractivity contribution in [2.75, 3.05) is 0 Å². The third kappa shape index (κ3) is 2.39. The maximum absolute atomic E-state index is 11.7. The van der Waals surface area contributed by atoms with Crippen LogP contribution in [0.1, 0.15) is 36.0 Å². The molecule has 7 heteroatoms. The first kappa shape index (κ1) is 12.3. The van der Waals surface area contributed by atoms with E-state index in [1.807, 2.05) is 6.92 Å². The van der Waals surface area contributed by atoms with Crippen molar-refractivity contribution < 1.29 is 24.0 Å². The molecule has 0 atom stereocenters. The Kier molecular flexibility index (Phi) is 3.14. The number of carbonyl (C=O) groups is 3. The zero-order valence-electron chi connectivity index (χ0n) is 9.75. The summed E-state index contributed by atoms with van der Waals surface area (Å²) < 4.78 is 4.78. The molecular formula is C11H12N2O5. The van der Waals surface area contributed by atoms with Crippen molar-refractivity contribution in [3.8, 4) is 0 Å². The molecule has 7 nitrogen and oxygen atoms in total. The first-order valence-corrected chi connectivity index (χ1v) is 5.49. The van der Waals surface area contributed by atoms with Gasteiger partial charge in [-0.1, -0.05) is 12.1 Å². The van der Waals surface area contributed by atoms with Crippen LogP contribution in [0.25, 0.3) is 0 Å². The number of nitrogens with zero attached hydrogens (tertiary/aromatic N) is 2. The number of carboxylic acids is 1. The molecule has 1 aromatic heterocycles. The van der Waals surface area contributed by atoms with Crippen LogP contribution in [-0.4, -0.2) is 32.9 Å². The molecule has 2 amide bonds. The van der Waals surface area contributed by atoms with Crippen LogP contribution in [0.4, 0.5) is 0 Å². The molecule has 1 N–H and O–H groups in total. The smallest absolute Gasteiger partial charge is 0.358 e. The molecule has 0 aromatic carbocycles. The number of carbonyl (C=O) groups excluding carboxylic acids is 2. The highest BCUT2D eigenvalue weighted by Gasteiger charge is 2.31. The average Bonchev–Trinajstić information content (AvgIpc) is 2.71. The van der Waals surface area contributed by atoms with Gasteiger partial charge >= 0.3 is 5.97 Å². The summed E-state index contributed by atoms with van der Waals surface area (Å²) in [6, 6.07) is 1.21. The standard InChI is InChI=1S/C11H12N2O5/c1-6-2-9(14)13(10(15)3-6)5-7-4-8(11(16)17)12-18-7/h4,6H,2-3,5H2,1H3,(H,16,17). The predicted molar refractivity (Wildman–Crippen MR) is 57.4 cm³/mol. The fourth-order valence-electron chi connectivity index (χ4n) is 1.85. The van der Waals surface area contributed by atoms with E-state index < -0.39 is 5.97 Å². The van der Waals surface area contributed by atoms with Gasteiger partial charge in [0, 0.05) is 18.9 Å². The molecule has 2 rings (SSSR count). The minimum absolute atomic E-state index is 0.0468. The second-order valence-electron chi connectivity index (χ2n) is 4.37. The monoisotopic (exact) mass is 252 g/mol. The summed E-state index contributed by atoms with van der Waals surface area (Å²) in [4.78, 5) is 35.1. The number of hydrogen-bond donors (Lipinski definition) is 1. The van der Waals surface area contributed by atoms with Crippen LogP contribution >= 0.6 is 0 Å². The Morgan fingerprint density at radius 1 is 1.50 bits per heavy atom. The van der Waals surface area contributed by atoms with E-state index in [0.29, 0.717) is 12.8 Å². The van der Waals surface area contributed by atoms with Crippen LogP contribution in [0.2, 0.25) is 0 Å². The second kappa shape index (κ2) is 4.59. The maximum Gasteiger partial charge on any atom is 0.358 e. The Labute approximate surface area is 102 Å². The highest BCUT2D eigenvalue weighted by atomic mass is 16.5. The summed E-state index contributed by atoms with van der Waals surface area (Å²) in [6.07, 6.45) is 0.622. The molecule has 96 valence electrons. The minimum atomic E-state index is -1.21. The number of carboxylic acid groups (broad SMARTS) is 1. The van der Waals surface area contributed by atoms with E-state index in [-0.39, 0.29) is 35.7 Å². The highest BCUT2D eigenvalue weighted by Crippen LogP contribution is 2.20. The number of amides is 2. The fourth-order valence-corrected chi connectivity index (χ4v) is 1.85. The van der Waals surface area contributed by atoms with Crippen molar-refractivity contribution in [3.63, 3.8) is 0 Å². The van der Waals surface area contributed by atoms with Gasteiger partial charge in [0.1, 0.15) is 0 Å². The topological polar surface area (TPSA) is 101 Å². The van der Waals surface area contributed by atoms with Crippen molar-refractivity contribution in [2.45, 2.75) is 26.3 Å². The van der Waals surface area contributed by atoms with Crippen molar-refractivity contribution in [1.29, 1.82) is 0 Å². The summed E-state index contributed by atoms with van der Waals surface area (Å²) in [6.45, 7) is 1.77. The summed E-state index contributed by atoms with van der Waals surface area (Å²) >= 11 is 0. The van der Waals surface area contributed by atoms with Gasteiger partial charge in [0.15, 0.2) is 11.5 Å². The molecular weight excluding hydrogens is 240 g/mol. The molecule has 0 radical (unpaired) electrons. The summed E-state index contributed by atoms with van der Waals surface area (Å²) in [5.41, 5.74) is -0.240. The minimum Gasteiger partial charge on any atom is -0.476 e. The van der Waals surface area contributed by atoms with Crippen molar-refractivity contribution in [1.82, 2.24) is 10.1 Å². The molecule has 1 fully saturated rings. The third-order valence-electron chi connectivity index (χ3n) is 2.74. The molecule has 18 heavy (non-hydrogen) atoms. The van der Waals surface area contributed by atoms with Gasteiger partial charge in [-0.2, -0.15) is 0 Å². The average molecular weight is 252 g/mol. The van der Waals surface area contributed by atoms with Gasteiger partial charge in [0.2, 0.25) is 11.8 Å². The normalized spacial score (nSPS) is 17.3. The molecule has 0 aliphatic carbocycles. The number of aromatic nitrogens is 1. The number of aromatic carboxylic acids is 1. The van der Waals surface area contributed by atoms with Gasteiger partial charge in [-0.05, 0) is 5.92 Å². The highest BCUT2D eigenvalue weighted by molar-refractivity contribution is 5.97. The first-order chi connectivity index (χ1) is 8.47. The Morgan fingerprint density at radius 3 is 2.61 bits per heavy atom. The van der Waals surface area contributed by atoms with Crippen molar-refractivity contribution in [3.05, 3.63) is 17.5 Å². The van der Waals surface area contributed by atoms with Gasteiger partial charge in [0.05, 0.1) is 6.54 Å². The lowest BCUT2D eigenvalue weighted by Crippen LogP contribution is -2.42. The van der Waals surface area contributed by atoms with Crippen LogP contribution in [0.3, 0.4) is 0 Å². The SMILES string of the molecule is CC1CC(=O)N(Cc2cc(C(=O)O)no2)C(=O)C1. The maximum atomic E-state index is 11.7. The quantitative estimate of drug-likeness (QED) is 0.793. The molecule has 1 saturated heterocycles. The Morgan fingerprint density at radius 2 is 2.11 bits per heavy atom. The predicted octanol–water partition coefficient (Wildman–Crippen LogP) is 0.658. The first-order valence-electron chi connectivity index (χ1n) is 5.49. The summed E-state index contributed by atoms with van der Waals surface area (Å²) in [5.74, 6) is -1.52. The Balaban J connectivity index is 2.10. The van der Waals surface area contributed by atoms with Gasteiger partial charge in [-0.25, -0.2) is 4.79 Å². The van der Waals surface area contributed by atoms with E-state index in [4.69, 9.17) is 9.63 Å². The molecule has 1 aliphatic heterocycles. The number of rotatable bonds is 3. The molecule has 1 aliphatic rings. The van der Waals surface area contributed by atoms with Crippen LogP contribution in [0.5, 0.6) is 0 Å². The number of likely N-dealkylation sites (tertiary alicyclic amines) is 1. The van der Waals surface area contributed by atoms with Crippen LogP contribution in [0, 0.1) is 5.92 Å². The lowest BCUT2D eigenvalue weighted by molar-refractivity contribution is -0.150. The third-order valence-corrected chi connectivity index (χ3v) is 2.74. The Bertz CT molecular complexity index is 489. The lowest BCUT2D eigenvalue weighted by Gasteiger charge is -2.27. The number of hydrogen-bond acceptors (Lipinski definition) is 5. The molecule has 1 aromatic rings. The molecule has 0 unspecified atom stereocenters. The van der Waals surface area contributed by atoms with Crippen LogP contribution in [0.15, 0.2) is 10.6 Å². The van der Waals surface area contributed by atoms with E-state index >= 15 is 0 Å². The zero-order valence-corrected chi connectivity index (χ0v) is 9.75. The van der Waals surface area contributed by atoms with Crippen molar-refractivity contribution in [2.24, 2.45) is 5.92 Å². The molecule has 2 heterocycles. The molecule has 0 spiro atoms. The van der Waals surface area contributed by atoms with E-state index in [0.717, 1.165) is 4.90 Å². The van der Waals surface area contributed by atoms with Gasteiger partial charge < -0.3 is 9.63 Å². The van der Waals surface area contributed by atoms with Crippen LogP contribution < -0.4 is 0 Å². The fraction of sp³-hybridized carbons (Fsp3) is 0.455. The van der Waals surface area contributed by atoms with Gasteiger partial charge in [0.25, 0.3) is 0 Å². The van der Waals surface area contributed by atoms with Crippen molar-refractivity contribution >= 4 is 17.8 Å². The largest absolute Gasteiger partial charge is 0.476 e. The zero-order chi connectivity index (χ0) is 13.3. The number of imide groups is 1. The summed E-state index contributed by atoms with van der Waals surface area (Å²) in [7, 11) is 0. The van der Waals surface area contributed by atoms with E-state index in [2.05, 4.69) is 5.16 Å². The number of piperidine rings is 1. The van der Waals surface area contributed by atoms with Gasteiger partial charge in [-0.3, -0.25) is 14.5 Å². The molecule has 0 saturated carbocycles. The van der Waals surface area contributed by atoms with Gasteiger partial charge in [-0.15, -0.1) is 0 Å². The van der Waals surface area contributed by atoms with Crippen LogP contribution in [-0.2, 0) is 16.1 Å². The summed E-state index contributed by atoms with van der Waals surface area (Å²) in [5, 5.41) is 12.0. The van der Waals surface area contributed by atoms with E-state index in [9.17, 15) is 14.4 Å². The Hall–Kier alpha value is -2.18.